The van der Waals surface area contributed by atoms with Gasteiger partial charge in [-0.2, -0.15) is 0 Å². The zero-order valence-electron chi connectivity index (χ0n) is 30.2. The maximum Gasteiger partial charge on any atom is 0.306 e. The van der Waals surface area contributed by atoms with Crippen molar-refractivity contribution in [3.05, 3.63) is 109 Å². The van der Waals surface area contributed by atoms with Crippen LogP contribution < -0.4 is 0 Å². The number of aliphatic hydroxyl groups excluding tert-OH is 1. The first kappa shape index (κ1) is 44.6. The van der Waals surface area contributed by atoms with Gasteiger partial charge in [-0.3, -0.25) is 9.59 Å². The van der Waals surface area contributed by atoms with Crippen LogP contribution in [-0.4, -0.2) is 36.4 Å². The fraction of sp³-hybridized carbons (Fsp3) is 0.535. The SMILES string of the molecule is CCC=CCC=CCC=CCC=CCC=CCCCC(=O)OC[C@H](CO)OC(=O)CCCC=CCC=CCC=CCC=CCCCCC. The van der Waals surface area contributed by atoms with Crippen LogP contribution in [0.2, 0.25) is 0 Å². The van der Waals surface area contributed by atoms with Crippen LogP contribution >= 0.6 is 0 Å². The standard InChI is InChI=1S/C43H66O5/c1-3-5-7-9-11-13-15-17-19-21-23-25-27-29-31-33-35-37-42(45)47-40-41(39-44)48-43(46)38-36-34-32-30-28-26-24-22-20-18-16-14-12-10-8-6-4-2/h5,7,11-14,17-20,23-26,29-32,41,44H,3-4,6,8-10,15-16,21-22,27-28,33-40H2,1-2H3/t41-/m0/s1. The van der Waals surface area contributed by atoms with Crippen molar-refractivity contribution in [2.24, 2.45) is 0 Å². The van der Waals surface area contributed by atoms with Crippen LogP contribution in [0.25, 0.3) is 0 Å². The van der Waals surface area contributed by atoms with Crippen LogP contribution in [0.1, 0.15) is 129 Å². The summed E-state index contributed by atoms with van der Waals surface area (Å²) in [5.74, 6) is -0.739. The molecule has 0 fully saturated rings. The van der Waals surface area contributed by atoms with Gasteiger partial charge in [0.25, 0.3) is 0 Å². The molecule has 0 aliphatic carbocycles. The third-order valence-electron chi connectivity index (χ3n) is 7.05. The van der Waals surface area contributed by atoms with Crippen LogP contribution in [0, 0.1) is 0 Å². The number of hydrogen-bond acceptors (Lipinski definition) is 5. The summed E-state index contributed by atoms with van der Waals surface area (Å²) in [4.78, 5) is 24.2. The largest absolute Gasteiger partial charge is 0.462 e. The summed E-state index contributed by atoms with van der Waals surface area (Å²) in [6, 6.07) is 0. The van der Waals surface area contributed by atoms with Gasteiger partial charge in [0, 0.05) is 12.8 Å². The molecule has 48 heavy (non-hydrogen) atoms. The molecule has 0 rings (SSSR count). The highest BCUT2D eigenvalue weighted by molar-refractivity contribution is 5.70. The van der Waals surface area contributed by atoms with E-state index in [4.69, 9.17) is 9.47 Å². The number of hydrogen-bond donors (Lipinski definition) is 1. The van der Waals surface area contributed by atoms with Crippen molar-refractivity contribution in [3.63, 3.8) is 0 Å². The van der Waals surface area contributed by atoms with Crippen LogP contribution in [0.5, 0.6) is 0 Å². The first-order valence-electron chi connectivity index (χ1n) is 18.4. The molecule has 0 unspecified atom stereocenters. The second kappa shape index (κ2) is 38.0. The Morgan fingerprint density at radius 3 is 1.27 bits per heavy atom. The maximum atomic E-state index is 12.1. The Balaban J connectivity index is 3.82. The lowest BCUT2D eigenvalue weighted by Gasteiger charge is -2.15. The van der Waals surface area contributed by atoms with Crippen molar-refractivity contribution in [2.75, 3.05) is 13.2 Å². The van der Waals surface area contributed by atoms with E-state index in [-0.39, 0.29) is 38.0 Å². The monoisotopic (exact) mass is 662 g/mol. The molecule has 268 valence electrons. The Hall–Kier alpha value is -3.44. The van der Waals surface area contributed by atoms with Gasteiger partial charge in [-0.25, -0.2) is 0 Å². The number of allylic oxidation sites excluding steroid dienone is 18. The van der Waals surface area contributed by atoms with Gasteiger partial charge in [-0.15, -0.1) is 0 Å². The second-order valence-electron chi connectivity index (χ2n) is 11.6. The molecule has 0 heterocycles. The number of carbonyl (C=O) groups excluding carboxylic acids is 2. The lowest BCUT2D eigenvalue weighted by molar-refractivity contribution is -0.161. The third kappa shape index (κ3) is 35.4. The Bertz CT molecular complexity index is 1020. The molecule has 5 nitrogen and oxygen atoms in total. The highest BCUT2D eigenvalue weighted by Gasteiger charge is 2.15. The van der Waals surface area contributed by atoms with Crippen LogP contribution in [0.4, 0.5) is 0 Å². The molecule has 5 heteroatoms. The number of aliphatic hydroxyl groups is 1. The lowest BCUT2D eigenvalue weighted by Crippen LogP contribution is -2.28. The summed E-state index contributed by atoms with van der Waals surface area (Å²) >= 11 is 0. The molecule has 0 saturated heterocycles. The van der Waals surface area contributed by atoms with Gasteiger partial charge in [-0.1, -0.05) is 136 Å². The zero-order valence-corrected chi connectivity index (χ0v) is 30.2. The molecule has 1 atom stereocenters. The van der Waals surface area contributed by atoms with Gasteiger partial charge in [-0.05, 0) is 89.9 Å². The molecule has 0 bridgehead atoms. The normalized spacial score (nSPS) is 13.5. The average Bonchev–Trinajstić information content (AvgIpc) is 3.09. The fourth-order valence-corrected chi connectivity index (χ4v) is 4.28. The Morgan fingerprint density at radius 2 is 0.875 bits per heavy atom. The molecule has 0 aliphatic rings. The van der Waals surface area contributed by atoms with Crippen molar-refractivity contribution in [1.82, 2.24) is 0 Å². The number of carbonyl (C=O) groups is 2. The minimum atomic E-state index is -0.830. The summed E-state index contributed by atoms with van der Waals surface area (Å²) in [6.07, 6.45) is 54.4. The molecule has 0 aromatic rings. The maximum absolute atomic E-state index is 12.1. The molecular weight excluding hydrogens is 596 g/mol. The Kier molecular flexibility index (Phi) is 35.3. The van der Waals surface area contributed by atoms with Crippen LogP contribution in [-0.2, 0) is 19.1 Å². The van der Waals surface area contributed by atoms with E-state index in [0.29, 0.717) is 12.8 Å². The minimum absolute atomic E-state index is 0.125. The van der Waals surface area contributed by atoms with Gasteiger partial charge in [0.2, 0.25) is 0 Å². The highest BCUT2D eigenvalue weighted by Crippen LogP contribution is 2.06. The summed E-state index contributed by atoms with van der Waals surface area (Å²) in [5, 5.41) is 9.52. The quantitative estimate of drug-likeness (QED) is 0.0454. The molecule has 0 aromatic heterocycles. The Labute approximate surface area is 293 Å². The van der Waals surface area contributed by atoms with E-state index in [9.17, 15) is 14.7 Å². The van der Waals surface area contributed by atoms with E-state index in [1.54, 1.807) is 0 Å². The van der Waals surface area contributed by atoms with Crippen molar-refractivity contribution < 1.29 is 24.2 Å². The van der Waals surface area contributed by atoms with E-state index in [2.05, 4.69) is 123 Å². The highest BCUT2D eigenvalue weighted by atomic mass is 16.6. The summed E-state index contributed by atoms with van der Waals surface area (Å²) < 4.78 is 10.5. The van der Waals surface area contributed by atoms with Crippen molar-refractivity contribution in [3.8, 4) is 0 Å². The topological polar surface area (TPSA) is 72.8 Å². The van der Waals surface area contributed by atoms with Gasteiger partial charge in [0.1, 0.15) is 6.61 Å². The van der Waals surface area contributed by atoms with Gasteiger partial charge in [0.15, 0.2) is 6.10 Å². The number of ether oxygens (including phenoxy) is 2. The molecule has 0 aliphatic heterocycles. The van der Waals surface area contributed by atoms with Crippen molar-refractivity contribution in [1.29, 1.82) is 0 Å². The molecule has 0 amide bonds. The summed E-state index contributed by atoms with van der Waals surface area (Å²) in [5.41, 5.74) is 0. The van der Waals surface area contributed by atoms with Crippen molar-refractivity contribution >= 4 is 11.9 Å². The molecule has 0 spiro atoms. The predicted molar refractivity (Wildman–Crippen MR) is 205 cm³/mol. The molecular formula is C43H66O5. The minimum Gasteiger partial charge on any atom is -0.462 e. The van der Waals surface area contributed by atoms with E-state index < -0.39 is 6.10 Å². The predicted octanol–water partition coefficient (Wildman–Crippen LogP) is 11.5. The zero-order chi connectivity index (χ0) is 35.0. The van der Waals surface area contributed by atoms with E-state index in [1.807, 2.05) is 0 Å². The third-order valence-corrected chi connectivity index (χ3v) is 7.05. The smallest absolute Gasteiger partial charge is 0.306 e. The molecule has 1 N–H and O–H groups in total. The van der Waals surface area contributed by atoms with Gasteiger partial charge < -0.3 is 14.6 Å². The van der Waals surface area contributed by atoms with E-state index in [1.165, 1.54) is 25.7 Å². The van der Waals surface area contributed by atoms with Gasteiger partial charge in [0.05, 0.1) is 6.61 Å². The summed E-state index contributed by atoms with van der Waals surface area (Å²) in [6.45, 7) is 3.87. The average molecular weight is 663 g/mol. The van der Waals surface area contributed by atoms with E-state index in [0.717, 1.165) is 64.2 Å². The molecule has 0 saturated carbocycles. The van der Waals surface area contributed by atoms with E-state index >= 15 is 0 Å². The summed E-state index contributed by atoms with van der Waals surface area (Å²) in [7, 11) is 0. The fourth-order valence-electron chi connectivity index (χ4n) is 4.28. The number of unbranched alkanes of at least 4 members (excludes halogenated alkanes) is 5. The first-order valence-corrected chi connectivity index (χ1v) is 18.4. The number of rotatable bonds is 31. The lowest BCUT2D eigenvalue weighted by atomic mass is 10.2. The Morgan fingerprint density at radius 1 is 0.500 bits per heavy atom. The van der Waals surface area contributed by atoms with Gasteiger partial charge >= 0.3 is 11.9 Å². The van der Waals surface area contributed by atoms with Crippen LogP contribution in [0.3, 0.4) is 0 Å². The molecule has 0 aromatic carbocycles. The van der Waals surface area contributed by atoms with Crippen LogP contribution in [0.15, 0.2) is 109 Å². The molecule has 0 radical (unpaired) electrons. The number of esters is 2. The van der Waals surface area contributed by atoms with Crippen molar-refractivity contribution in [2.45, 2.75) is 136 Å². The second-order valence-corrected chi connectivity index (χ2v) is 11.6. The first-order chi connectivity index (χ1) is 23.6.